The number of primary amides is 1. The lowest BCUT2D eigenvalue weighted by atomic mass is 9.92. The first-order valence-electron chi connectivity index (χ1n) is 6.65. The van der Waals surface area contributed by atoms with Gasteiger partial charge in [0.05, 0.1) is 0 Å². The molecule has 0 spiro atoms. The van der Waals surface area contributed by atoms with E-state index in [0.717, 1.165) is 19.3 Å². The molecular formula is C15H21FN2O. The molecule has 19 heavy (non-hydrogen) atoms. The fourth-order valence-electron chi connectivity index (χ4n) is 2.75. The third-order valence-electron chi connectivity index (χ3n) is 3.96. The second-order valence-corrected chi connectivity index (χ2v) is 6.24. The van der Waals surface area contributed by atoms with Crippen molar-refractivity contribution in [3.8, 4) is 0 Å². The Labute approximate surface area is 113 Å². The molecule has 0 heterocycles. The summed E-state index contributed by atoms with van der Waals surface area (Å²) in [5.41, 5.74) is 6.97. The summed E-state index contributed by atoms with van der Waals surface area (Å²) >= 11 is 0. The van der Waals surface area contributed by atoms with E-state index in [1.165, 1.54) is 6.07 Å². The van der Waals surface area contributed by atoms with Gasteiger partial charge in [0.1, 0.15) is 5.82 Å². The fourth-order valence-corrected chi connectivity index (χ4v) is 2.75. The number of rotatable bonds is 3. The molecule has 1 amide bonds. The number of benzene rings is 1. The van der Waals surface area contributed by atoms with E-state index >= 15 is 0 Å². The first kappa shape index (κ1) is 13.8. The summed E-state index contributed by atoms with van der Waals surface area (Å²) in [6.45, 7) is 6.19. The van der Waals surface area contributed by atoms with Crippen LogP contribution in [0.15, 0.2) is 12.1 Å². The summed E-state index contributed by atoms with van der Waals surface area (Å²) in [4.78, 5) is 11.2. The van der Waals surface area contributed by atoms with Crippen LogP contribution in [0.4, 0.5) is 10.1 Å². The van der Waals surface area contributed by atoms with Gasteiger partial charge in [-0.3, -0.25) is 4.79 Å². The van der Waals surface area contributed by atoms with Gasteiger partial charge in [0.25, 0.3) is 0 Å². The molecule has 3 N–H and O–H groups in total. The zero-order valence-electron chi connectivity index (χ0n) is 11.7. The number of amides is 1. The summed E-state index contributed by atoms with van der Waals surface area (Å²) < 4.78 is 13.8. The maximum Gasteiger partial charge on any atom is 0.248 e. The maximum absolute atomic E-state index is 13.8. The molecule has 0 bridgehead atoms. The van der Waals surface area contributed by atoms with Gasteiger partial charge in [-0.1, -0.05) is 13.8 Å². The highest BCUT2D eigenvalue weighted by Gasteiger charge is 2.31. The van der Waals surface area contributed by atoms with Crippen LogP contribution in [0.2, 0.25) is 0 Å². The maximum atomic E-state index is 13.8. The van der Waals surface area contributed by atoms with Crippen molar-refractivity contribution >= 4 is 11.6 Å². The smallest absolute Gasteiger partial charge is 0.248 e. The second-order valence-electron chi connectivity index (χ2n) is 6.24. The van der Waals surface area contributed by atoms with Crippen LogP contribution in [0.25, 0.3) is 0 Å². The molecule has 0 aliphatic heterocycles. The molecular weight excluding hydrogens is 243 g/mol. The highest BCUT2D eigenvalue weighted by Crippen LogP contribution is 2.38. The second kappa shape index (κ2) is 4.83. The van der Waals surface area contributed by atoms with Crippen LogP contribution in [0, 0.1) is 18.2 Å². The topological polar surface area (TPSA) is 55.1 Å². The number of halogens is 1. The van der Waals surface area contributed by atoms with Crippen LogP contribution in [-0.2, 0) is 0 Å². The zero-order valence-corrected chi connectivity index (χ0v) is 11.7. The van der Waals surface area contributed by atoms with Crippen molar-refractivity contribution in [2.75, 3.05) is 5.32 Å². The third-order valence-corrected chi connectivity index (χ3v) is 3.96. The monoisotopic (exact) mass is 264 g/mol. The normalized spacial score (nSPS) is 21.4. The van der Waals surface area contributed by atoms with Gasteiger partial charge >= 0.3 is 0 Å². The molecule has 1 aliphatic carbocycles. The van der Waals surface area contributed by atoms with Gasteiger partial charge in [-0.15, -0.1) is 0 Å². The van der Waals surface area contributed by atoms with Crippen LogP contribution in [0.5, 0.6) is 0 Å². The van der Waals surface area contributed by atoms with E-state index in [-0.39, 0.29) is 5.56 Å². The molecule has 1 fully saturated rings. The summed E-state index contributed by atoms with van der Waals surface area (Å²) in [6, 6.07) is 3.17. The fraction of sp³-hybridized carbons (Fsp3) is 0.533. The average molecular weight is 264 g/mol. The highest BCUT2D eigenvalue weighted by atomic mass is 19.1. The number of anilines is 1. The van der Waals surface area contributed by atoms with Crippen molar-refractivity contribution in [1.82, 2.24) is 0 Å². The van der Waals surface area contributed by atoms with Gasteiger partial charge in [0.2, 0.25) is 5.91 Å². The lowest BCUT2D eigenvalue weighted by Crippen LogP contribution is -2.19. The Morgan fingerprint density at radius 3 is 2.68 bits per heavy atom. The summed E-state index contributed by atoms with van der Waals surface area (Å²) in [5.74, 6) is -0.996. The van der Waals surface area contributed by atoms with E-state index in [2.05, 4.69) is 19.2 Å². The Morgan fingerprint density at radius 2 is 2.16 bits per heavy atom. The van der Waals surface area contributed by atoms with Gasteiger partial charge in [0.15, 0.2) is 0 Å². The molecule has 1 aliphatic rings. The lowest BCUT2D eigenvalue weighted by Gasteiger charge is -2.20. The van der Waals surface area contributed by atoms with Crippen molar-refractivity contribution in [2.45, 2.75) is 46.1 Å². The number of carbonyl (C=O) groups excluding carboxylic acids is 1. The SMILES string of the molecule is Cc1c(F)cc(C(N)=O)cc1NC1CCC(C)(C)C1. The summed E-state index contributed by atoms with van der Waals surface area (Å²) in [6.07, 6.45) is 3.27. The summed E-state index contributed by atoms with van der Waals surface area (Å²) in [5, 5.41) is 3.35. The van der Waals surface area contributed by atoms with Gasteiger partial charge in [-0.25, -0.2) is 4.39 Å². The minimum absolute atomic E-state index is 0.211. The molecule has 2 rings (SSSR count). The molecule has 1 aromatic carbocycles. The number of hydrogen-bond acceptors (Lipinski definition) is 2. The molecule has 0 saturated heterocycles. The van der Waals surface area contributed by atoms with Crippen LogP contribution in [-0.4, -0.2) is 11.9 Å². The van der Waals surface area contributed by atoms with Crippen molar-refractivity contribution in [3.63, 3.8) is 0 Å². The highest BCUT2D eigenvalue weighted by molar-refractivity contribution is 5.94. The molecule has 4 heteroatoms. The largest absolute Gasteiger partial charge is 0.382 e. The first-order chi connectivity index (χ1) is 8.78. The average Bonchev–Trinajstić information content (AvgIpc) is 2.64. The van der Waals surface area contributed by atoms with Gasteiger partial charge < -0.3 is 11.1 Å². The molecule has 1 unspecified atom stereocenters. The minimum atomic E-state index is -0.603. The quantitative estimate of drug-likeness (QED) is 0.880. The Balaban J connectivity index is 2.23. The number of hydrogen-bond donors (Lipinski definition) is 2. The molecule has 0 aromatic heterocycles. The van der Waals surface area contributed by atoms with Gasteiger partial charge in [-0.2, -0.15) is 0 Å². The minimum Gasteiger partial charge on any atom is -0.382 e. The lowest BCUT2D eigenvalue weighted by molar-refractivity contribution is 0.1000. The van der Waals surface area contributed by atoms with Crippen LogP contribution >= 0.6 is 0 Å². The van der Waals surface area contributed by atoms with Crippen molar-refractivity contribution < 1.29 is 9.18 Å². The van der Waals surface area contributed by atoms with Gasteiger partial charge in [0, 0.05) is 22.9 Å². The van der Waals surface area contributed by atoms with Crippen LogP contribution in [0.1, 0.15) is 49.0 Å². The first-order valence-corrected chi connectivity index (χ1v) is 6.65. The molecule has 1 aromatic rings. The third kappa shape index (κ3) is 3.06. The van der Waals surface area contributed by atoms with E-state index in [1.54, 1.807) is 13.0 Å². The Morgan fingerprint density at radius 1 is 1.47 bits per heavy atom. The Bertz CT molecular complexity index is 511. The number of nitrogens with one attached hydrogen (secondary N) is 1. The van der Waals surface area contributed by atoms with Gasteiger partial charge in [-0.05, 0) is 43.7 Å². The van der Waals surface area contributed by atoms with Crippen molar-refractivity contribution in [2.24, 2.45) is 11.1 Å². The molecule has 0 radical (unpaired) electrons. The van der Waals surface area contributed by atoms with E-state index in [9.17, 15) is 9.18 Å². The molecule has 1 saturated carbocycles. The van der Waals surface area contributed by atoms with Crippen LogP contribution in [0.3, 0.4) is 0 Å². The Hall–Kier alpha value is -1.58. The molecule has 3 nitrogen and oxygen atoms in total. The molecule has 104 valence electrons. The van der Waals surface area contributed by atoms with Crippen molar-refractivity contribution in [3.05, 3.63) is 29.1 Å². The standard InChI is InChI=1S/C15H21FN2O/c1-9-12(16)6-10(14(17)19)7-13(9)18-11-4-5-15(2,3)8-11/h6-7,11,18H,4-5,8H2,1-3H3,(H2,17,19). The predicted octanol–water partition coefficient (Wildman–Crippen LogP) is 3.22. The van der Waals surface area contributed by atoms with Crippen molar-refractivity contribution in [1.29, 1.82) is 0 Å². The number of nitrogens with two attached hydrogens (primary N) is 1. The van der Waals surface area contributed by atoms with Crippen LogP contribution < -0.4 is 11.1 Å². The van der Waals surface area contributed by atoms with E-state index in [0.29, 0.717) is 22.7 Å². The van der Waals surface area contributed by atoms with E-state index < -0.39 is 11.7 Å². The number of carbonyl (C=O) groups is 1. The van der Waals surface area contributed by atoms with E-state index in [4.69, 9.17) is 5.73 Å². The van der Waals surface area contributed by atoms with E-state index in [1.807, 2.05) is 0 Å². The molecule has 1 atom stereocenters. The summed E-state index contributed by atoms with van der Waals surface area (Å²) in [7, 11) is 0. The Kier molecular flexibility index (Phi) is 3.52. The zero-order chi connectivity index (χ0) is 14.2. The predicted molar refractivity (Wildman–Crippen MR) is 74.7 cm³/mol.